The summed E-state index contributed by atoms with van der Waals surface area (Å²) in [7, 11) is 0. The Morgan fingerprint density at radius 3 is 2.12 bits per heavy atom. The smallest absolute Gasteiger partial charge is 0.226 e. The Morgan fingerprint density at radius 2 is 1.71 bits per heavy atom. The maximum absolute atomic E-state index is 10.5. The molecule has 2 rings (SSSR count). The molecule has 0 aliphatic rings. The van der Waals surface area contributed by atoms with Gasteiger partial charge in [0.15, 0.2) is 5.75 Å². The van der Waals surface area contributed by atoms with Gasteiger partial charge >= 0.3 is 0 Å². The lowest BCUT2D eigenvalue weighted by atomic mass is 10.4. The van der Waals surface area contributed by atoms with E-state index in [1.807, 2.05) is 0 Å². The molecule has 2 N–H and O–H groups in total. The molecule has 2 heterocycles. The zero-order valence-corrected chi connectivity index (χ0v) is 8.91. The molecule has 0 radical (unpaired) electrons. The summed E-state index contributed by atoms with van der Waals surface area (Å²) < 4.78 is 9.13. The molecule has 0 amide bonds. The van der Waals surface area contributed by atoms with E-state index in [4.69, 9.17) is 10.2 Å². The lowest BCUT2D eigenvalue weighted by molar-refractivity contribution is 0.411. The van der Waals surface area contributed by atoms with Gasteiger partial charge in [-0.15, -0.1) is 0 Å². The molecule has 0 spiro atoms. The van der Waals surface area contributed by atoms with Crippen molar-refractivity contribution in [2.24, 2.45) is 0 Å². The van der Waals surface area contributed by atoms with Gasteiger partial charge in [-0.1, -0.05) is 0 Å². The maximum atomic E-state index is 10.5. The molecule has 0 fully saturated rings. The van der Waals surface area contributed by atoms with Crippen molar-refractivity contribution in [2.75, 3.05) is 0 Å². The molecule has 0 aliphatic carbocycles. The molecule has 0 bridgehead atoms. The highest BCUT2D eigenvalue weighted by Gasteiger charge is 1.98. The van der Waals surface area contributed by atoms with Crippen LogP contribution in [0.25, 0.3) is 0 Å². The molecule has 0 atom stereocenters. The van der Waals surface area contributed by atoms with Crippen molar-refractivity contribution in [2.45, 2.75) is 6.92 Å². The predicted octanol–water partition coefficient (Wildman–Crippen LogP) is 0.999. The van der Waals surface area contributed by atoms with Gasteiger partial charge in [-0.05, 0) is 6.92 Å². The summed E-state index contributed by atoms with van der Waals surface area (Å²) in [5.41, 5.74) is -0.824. The molecule has 0 aliphatic heterocycles. The first-order valence-corrected chi connectivity index (χ1v) is 4.55. The van der Waals surface area contributed by atoms with Gasteiger partial charge in [-0.3, -0.25) is 9.59 Å². The molecule has 0 saturated carbocycles. The van der Waals surface area contributed by atoms with E-state index < -0.39 is 10.9 Å². The molecular weight excluding hydrogens is 228 g/mol. The summed E-state index contributed by atoms with van der Waals surface area (Å²) in [6, 6.07) is 2.32. The van der Waals surface area contributed by atoms with Crippen LogP contribution < -0.4 is 10.9 Å². The molecule has 90 valence electrons. The highest BCUT2D eigenvalue weighted by atomic mass is 16.4. The van der Waals surface area contributed by atoms with Crippen molar-refractivity contribution < 1.29 is 19.0 Å². The van der Waals surface area contributed by atoms with E-state index in [9.17, 15) is 9.59 Å². The lowest BCUT2D eigenvalue weighted by Gasteiger charge is -1.91. The third-order valence-electron chi connectivity index (χ3n) is 1.76. The predicted molar refractivity (Wildman–Crippen MR) is 58.0 cm³/mol. The third kappa shape index (κ3) is 3.53. The fourth-order valence-corrected chi connectivity index (χ4v) is 0.854. The Bertz CT molecular complexity index is 595. The van der Waals surface area contributed by atoms with Crippen molar-refractivity contribution in [3.63, 3.8) is 0 Å². The van der Waals surface area contributed by atoms with Gasteiger partial charge in [-0.2, -0.15) is 0 Å². The Hall–Kier alpha value is -2.50. The summed E-state index contributed by atoms with van der Waals surface area (Å²) in [5.74, 6) is -0.410. The maximum Gasteiger partial charge on any atom is 0.226 e. The number of rotatable bonds is 0. The standard InChI is InChI=1S/C6H6O3.C5H4O3/c1-4-6(8)5(7)2-3-9-4;6-4-1-2-8-3-5(4)7/h2-3,8H,1H3;1-3,7H. The second-order valence-electron chi connectivity index (χ2n) is 3.00. The summed E-state index contributed by atoms with van der Waals surface area (Å²) in [6.07, 6.45) is 3.45. The van der Waals surface area contributed by atoms with E-state index in [0.29, 0.717) is 0 Å². The monoisotopic (exact) mass is 238 g/mol. The molecular formula is C11H10O6. The Balaban J connectivity index is 0.000000171. The average molecular weight is 238 g/mol. The van der Waals surface area contributed by atoms with Crippen LogP contribution in [0.15, 0.2) is 49.3 Å². The molecule has 2 aromatic heterocycles. The molecule has 0 aromatic carbocycles. The number of hydrogen-bond donors (Lipinski definition) is 2. The molecule has 6 heteroatoms. The van der Waals surface area contributed by atoms with E-state index in [-0.39, 0.29) is 17.3 Å². The van der Waals surface area contributed by atoms with Gasteiger partial charge in [0.25, 0.3) is 0 Å². The minimum absolute atomic E-state index is 0.252. The number of aromatic hydroxyl groups is 2. The van der Waals surface area contributed by atoms with E-state index in [1.165, 1.54) is 25.5 Å². The quantitative estimate of drug-likeness (QED) is 0.710. The zero-order chi connectivity index (χ0) is 12.8. The van der Waals surface area contributed by atoms with Crippen LogP contribution in [0, 0.1) is 6.92 Å². The largest absolute Gasteiger partial charge is 0.502 e. The minimum Gasteiger partial charge on any atom is -0.502 e. The lowest BCUT2D eigenvalue weighted by Crippen LogP contribution is -1.97. The van der Waals surface area contributed by atoms with Gasteiger partial charge in [0.05, 0.1) is 12.5 Å². The highest BCUT2D eigenvalue weighted by molar-refractivity contribution is 5.20. The fourth-order valence-electron chi connectivity index (χ4n) is 0.854. The Kier molecular flexibility index (Phi) is 4.10. The van der Waals surface area contributed by atoms with Crippen molar-refractivity contribution >= 4 is 0 Å². The van der Waals surface area contributed by atoms with Gasteiger partial charge in [0.2, 0.25) is 16.6 Å². The van der Waals surface area contributed by atoms with Crippen molar-refractivity contribution in [3.8, 4) is 11.5 Å². The molecule has 0 saturated heterocycles. The van der Waals surface area contributed by atoms with E-state index in [2.05, 4.69) is 8.83 Å². The Morgan fingerprint density at radius 1 is 1.06 bits per heavy atom. The first-order chi connectivity index (χ1) is 8.02. The first kappa shape index (κ1) is 12.6. The van der Waals surface area contributed by atoms with Crippen molar-refractivity contribution in [3.05, 3.63) is 57.1 Å². The number of hydrogen-bond acceptors (Lipinski definition) is 6. The van der Waals surface area contributed by atoms with E-state index in [1.54, 1.807) is 0 Å². The van der Waals surface area contributed by atoms with Gasteiger partial charge in [0.1, 0.15) is 12.0 Å². The second-order valence-corrected chi connectivity index (χ2v) is 3.00. The first-order valence-electron chi connectivity index (χ1n) is 4.55. The molecule has 0 unspecified atom stereocenters. The topological polar surface area (TPSA) is 101 Å². The van der Waals surface area contributed by atoms with E-state index >= 15 is 0 Å². The van der Waals surface area contributed by atoms with Crippen LogP contribution in [-0.2, 0) is 0 Å². The van der Waals surface area contributed by atoms with Crippen LogP contribution in [-0.4, -0.2) is 10.2 Å². The van der Waals surface area contributed by atoms with Gasteiger partial charge < -0.3 is 19.0 Å². The highest BCUT2D eigenvalue weighted by Crippen LogP contribution is 2.06. The van der Waals surface area contributed by atoms with Gasteiger partial charge in [0, 0.05) is 12.1 Å². The second kappa shape index (κ2) is 5.55. The van der Waals surface area contributed by atoms with Crippen LogP contribution in [0.4, 0.5) is 0 Å². The van der Waals surface area contributed by atoms with Crippen LogP contribution in [0.1, 0.15) is 5.76 Å². The van der Waals surface area contributed by atoms with E-state index in [0.717, 1.165) is 12.3 Å². The molecule has 2 aromatic rings. The molecule has 6 nitrogen and oxygen atoms in total. The average Bonchev–Trinajstić information content (AvgIpc) is 2.31. The normalized spacial score (nSPS) is 9.24. The Labute approximate surface area is 95.4 Å². The molecule has 17 heavy (non-hydrogen) atoms. The van der Waals surface area contributed by atoms with Gasteiger partial charge in [-0.25, -0.2) is 0 Å². The summed E-state index contributed by atoms with van der Waals surface area (Å²) in [4.78, 5) is 20.8. The van der Waals surface area contributed by atoms with Crippen LogP contribution >= 0.6 is 0 Å². The summed E-state index contributed by atoms with van der Waals surface area (Å²) >= 11 is 0. The SMILES string of the molecule is Cc1occc(=O)c1O.O=c1ccocc1O. The fraction of sp³-hybridized carbons (Fsp3) is 0.0909. The zero-order valence-electron chi connectivity index (χ0n) is 8.91. The van der Waals surface area contributed by atoms with Crippen molar-refractivity contribution in [1.82, 2.24) is 0 Å². The minimum atomic E-state index is -0.420. The third-order valence-corrected chi connectivity index (χ3v) is 1.76. The number of aryl methyl sites for hydroxylation is 1. The van der Waals surface area contributed by atoms with Crippen LogP contribution in [0.2, 0.25) is 0 Å². The summed E-state index contributed by atoms with van der Waals surface area (Å²) in [6.45, 7) is 1.52. The van der Waals surface area contributed by atoms with Crippen LogP contribution in [0.5, 0.6) is 11.5 Å². The summed E-state index contributed by atoms with van der Waals surface area (Å²) in [5, 5.41) is 17.3. The van der Waals surface area contributed by atoms with Crippen LogP contribution in [0.3, 0.4) is 0 Å². The van der Waals surface area contributed by atoms with Crippen molar-refractivity contribution in [1.29, 1.82) is 0 Å².